The third-order valence-electron chi connectivity index (χ3n) is 5.08. The summed E-state index contributed by atoms with van der Waals surface area (Å²) in [5, 5.41) is 3.52. The molecule has 0 amide bonds. The molecule has 1 aliphatic rings. The highest BCUT2D eigenvalue weighted by Crippen LogP contribution is 2.31. The Bertz CT molecular complexity index is 952. The number of hydrogen-bond acceptors (Lipinski definition) is 8. The molecule has 2 aromatic heterocycles. The van der Waals surface area contributed by atoms with Crippen LogP contribution in [0.5, 0.6) is 5.88 Å². The van der Waals surface area contributed by atoms with Crippen molar-refractivity contribution in [3.8, 4) is 5.88 Å². The number of esters is 1. The lowest BCUT2D eigenvalue weighted by molar-refractivity contribution is 0.0593. The molecule has 1 aromatic carbocycles. The lowest BCUT2D eigenvalue weighted by Crippen LogP contribution is -2.46. The van der Waals surface area contributed by atoms with E-state index in [2.05, 4.69) is 54.2 Å². The Labute approximate surface area is 173 Å². The van der Waals surface area contributed by atoms with E-state index >= 15 is 0 Å². The van der Waals surface area contributed by atoms with Gasteiger partial charge in [-0.1, -0.05) is 6.07 Å². The quantitative estimate of drug-likeness (QED) is 0.436. The van der Waals surface area contributed by atoms with Crippen molar-refractivity contribution in [2.75, 3.05) is 51.3 Å². The highest BCUT2D eigenvalue weighted by atomic mass is 32.1. The fourth-order valence-corrected chi connectivity index (χ4v) is 4.34. The van der Waals surface area contributed by atoms with Gasteiger partial charge in [0.15, 0.2) is 5.69 Å². The van der Waals surface area contributed by atoms with Crippen LogP contribution in [0.25, 0.3) is 10.1 Å². The summed E-state index contributed by atoms with van der Waals surface area (Å²) in [6.45, 7) is 5.74. The fraction of sp³-hybridized carbons (Fsp3) is 0.381. The van der Waals surface area contributed by atoms with E-state index in [-0.39, 0.29) is 5.69 Å². The molecule has 0 N–H and O–H groups in total. The number of piperazine rings is 1. The topological polar surface area (TPSA) is 67.8 Å². The van der Waals surface area contributed by atoms with Crippen molar-refractivity contribution in [1.82, 2.24) is 14.9 Å². The number of thiophene rings is 1. The molecule has 0 atom stereocenters. The summed E-state index contributed by atoms with van der Waals surface area (Å²) in [5.74, 6) is -0.0789. The molecule has 1 aliphatic heterocycles. The monoisotopic (exact) mass is 412 g/mol. The van der Waals surface area contributed by atoms with E-state index in [4.69, 9.17) is 4.74 Å². The second-order valence-corrected chi connectivity index (χ2v) is 7.82. The van der Waals surface area contributed by atoms with Crippen molar-refractivity contribution in [1.29, 1.82) is 0 Å². The second-order valence-electron chi connectivity index (χ2n) is 6.87. The van der Waals surface area contributed by atoms with Gasteiger partial charge in [-0.25, -0.2) is 14.8 Å². The summed E-state index contributed by atoms with van der Waals surface area (Å²) in [4.78, 5) is 24.4. The number of aromatic nitrogens is 2. The summed E-state index contributed by atoms with van der Waals surface area (Å²) in [5.41, 5.74) is 1.52. The summed E-state index contributed by atoms with van der Waals surface area (Å²) in [6, 6.07) is 8.79. The smallest absolute Gasteiger partial charge is 0.358 e. The van der Waals surface area contributed by atoms with Crippen molar-refractivity contribution in [2.24, 2.45) is 0 Å². The van der Waals surface area contributed by atoms with Gasteiger partial charge < -0.3 is 14.4 Å². The Hall–Kier alpha value is -2.71. The number of anilines is 1. The molecule has 1 fully saturated rings. The van der Waals surface area contributed by atoms with Crippen LogP contribution < -0.4 is 9.64 Å². The minimum atomic E-state index is -0.501. The van der Waals surface area contributed by atoms with Crippen LogP contribution in [0.2, 0.25) is 0 Å². The van der Waals surface area contributed by atoms with Crippen molar-refractivity contribution >= 4 is 33.1 Å². The van der Waals surface area contributed by atoms with Crippen molar-refractivity contribution in [3.63, 3.8) is 0 Å². The van der Waals surface area contributed by atoms with Gasteiger partial charge in [0.25, 0.3) is 0 Å². The summed E-state index contributed by atoms with van der Waals surface area (Å²) >= 11 is 1.80. The zero-order valence-electron chi connectivity index (χ0n) is 16.4. The summed E-state index contributed by atoms with van der Waals surface area (Å²) in [6.07, 6.45) is 3.74. The Morgan fingerprint density at radius 3 is 2.76 bits per heavy atom. The number of rotatable bonds is 7. The highest BCUT2D eigenvalue weighted by Gasteiger charge is 2.18. The number of carbonyl (C=O) groups excluding carboxylic acids is 1. The van der Waals surface area contributed by atoms with E-state index in [0.717, 1.165) is 39.1 Å². The normalized spacial score (nSPS) is 14.9. The van der Waals surface area contributed by atoms with Crippen LogP contribution >= 0.6 is 11.3 Å². The van der Waals surface area contributed by atoms with Gasteiger partial charge in [-0.05, 0) is 30.0 Å². The highest BCUT2D eigenvalue weighted by molar-refractivity contribution is 7.17. The van der Waals surface area contributed by atoms with E-state index in [1.807, 2.05) is 0 Å². The lowest BCUT2D eigenvalue weighted by atomic mass is 10.2. The Morgan fingerprint density at radius 2 is 2.00 bits per heavy atom. The molecule has 3 aromatic rings. The first-order valence-electron chi connectivity index (χ1n) is 9.71. The van der Waals surface area contributed by atoms with E-state index in [9.17, 15) is 4.79 Å². The van der Waals surface area contributed by atoms with Gasteiger partial charge in [0, 0.05) is 48.5 Å². The number of ether oxygens (including phenoxy) is 2. The van der Waals surface area contributed by atoms with Crippen molar-refractivity contribution < 1.29 is 14.3 Å². The van der Waals surface area contributed by atoms with E-state index in [1.165, 1.54) is 35.3 Å². The first-order chi connectivity index (χ1) is 14.2. The van der Waals surface area contributed by atoms with Gasteiger partial charge in [-0.3, -0.25) is 4.90 Å². The molecule has 0 saturated carbocycles. The van der Waals surface area contributed by atoms with Crippen LogP contribution in [0.15, 0.2) is 42.0 Å². The molecule has 29 heavy (non-hydrogen) atoms. The summed E-state index contributed by atoms with van der Waals surface area (Å²) < 4.78 is 11.6. The molecular formula is C21H24N4O3S. The Kier molecular flexibility index (Phi) is 6.21. The maximum Gasteiger partial charge on any atom is 0.358 e. The molecule has 7 nitrogen and oxygen atoms in total. The molecule has 3 heterocycles. The second kappa shape index (κ2) is 9.19. The van der Waals surface area contributed by atoms with Crippen LogP contribution in [0.4, 0.5) is 5.69 Å². The zero-order chi connectivity index (χ0) is 20.1. The lowest BCUT2D eigenvalue weighted by Gasteiger charge is -2.36. The third kappa shape index (κ3) is 4.65. The van der Waals surface area contributed by atoms with Crippen molar-refractivity contribution in [2.45, 2.75) is 6.42 Å². The van der Waals surface area contributed by atoms with Gasteiger partial charge >= 0.3 is 5.97 Å². The third-order valence-corrected chi connectivity index (χ3v) is 5.96. The largest absolute Gasteiger partial charge is 0.477 e. The maximum absolute atomic E-state index is 11.4. The minimum absolute atomic E-state index is 0.177. The first kappa shape index (κ1) is 19.6. The molecule has 1 saturated heterocycles. The number of benzene rings is 1. The predicted octanol–water partition coefficient (Wildman–Crippen LogP) is 3.07. The van der Waals surface area contributed by atoms with E-state index in [0.29, 0.717) is 12.5 Å². The molecule has 0 aliphatic carbocycles. The van der Waals surface area contributed by atoms with Crippen molar-refractivity contribution in [3.05, 3.63) is 47.7 Å². The molecular weight excluding hydrogens is 388 g/mol. The molecule has 0 unspecified atom stereocenters. The molecule has 8 heteroatoms. The van der Waals surface area contributed by atoms with Crippen LogP contribution in [-0.2, 0) is 4.74 Å². The fourth-order valence-electron chi connectivity index (χ4n) is 3.53. The van der Waals surface area contributed by atoms with Gasteiger partial charge in [0.05, 0.1) is 26.1 Å². The van der Waals surface area contributed by atoms with Gasteiger partial charge in [-0.15, -0.1) is 11.3 Å². The van der Waals surface area contributed by atoms with Crippen LogP contribution in [0.3, 0.4) is 0 Å². The summed E-state index contributed by atoms with van der Waals surface area (Å²) in [7, 11) is 1.32. The van der Waals surface area contributed by atoms with E-state index < -0.39 is 5.97 Å². The number of methoxy groups -OCH3 is 1. The van der Waals surface area contributed by atoms with Crippen LogP contribution in [-0.4, -0.2) is 67.3 Å². The standard InChI is InChI=1S/C21H24N4O3S/c1-27-21(26)17-14-23-20(15-22-17)28-12-3-7-24-8-10-25(11-9-24)18-4-2-5-19-16(18)6-13-29-19/h2,4-6,13-15H,3,7-12H2,1H3. The Balaban J connectivity index is 1.20. The average molecular weight is 413 g/mol. The molecule has 0 bridgehead atoms. The average Bonchev–Trinajstić information content (AvgIpc) is 3.26. The zero-order valence-corrected chi connectivity index (χ0v) is 17.2. The molecule has 4 rings (SSSR count). The van der Waals surface area contributed by atoms with E-state index in [1.54, 1.807) is 11.3 Å². The molecule has 152 valence electrons. The van der Waals surface area contributed by atoms with Crippen LogP contribution in [0, 0.1) is 0 Å². The Morgan fingerprint density at radius 1 is 1.14 bits per heavy atom. The number of fused-ring (bicyclic) bond motifs is 1. The molecule has 0 radical (unpaired) electrons. The van der Waals surface area contributed by atoms with Gasteiger partial charge in [0.2, 0.25) is 5.88 Å². The van der Waals surface area contributed by atoms with Gasteiger partial charge in [-0.2, -0.15) is 0 Å². The number of hydrogen-bond donors (Lipinski definition) is 0. The predicted molar refractivity (Wildman–Crippen MR) is 114 cm³/mol. The number of nitrogens with zero attached hydrogens (tertiary/aromatic N) is 4. The number of carbonyl (C=O) groups is 1. The molecule has 0 spiro atoms. The van der Waals surface area contributed by atoms with Gasteiger partial charge in [0.1, 0.15) is 0 Å². The first-order valence-corrected chi connectivity index (χ1v) is 10.6. The minimum Gasteiger partial charge on any atom is -0.477 e. The SMILES string of the molecule is COC(=O)c1cnc(OCCCN2CCN(c3cccc4sccc34)CC2)cn1. The maximum atomic E-state index is 11.4. The van der Waals surface area contributed by atoms with Crippen LogP contribution in [0.1, 0.15) is 16.9 Å².